The quantitative estimate of drug-likeness (QED) is 0.0796. The molecule has 0 aromatic heterocycles. The fraction of sp³-hybridized carbons (Fsp3) is 0.455. The Bertz CT molecular complexity index is 949. The van der Waals surface area contributed by atoms with Gasteiger partial charge in [-0.05, 0) is 31.2 Å². The first kappa shape index (κ1) is 27.1. The average Bonchev–Trinajstić information content (AvgIpc) is 3.06. The summed E-state index contributed by atoms with van der Waals surface area (Å²) < 4.78 is 0. The van der Waals surface area contributed by atoms with Crippen molar-refractivity contribution in [2.24, 2.45) is 16.5 Å². The number of amides is 5. The summed E-state index contributed by atoms with van der Waals surface area (Å²) in [6, 6.07) is 6.70. The third kappa shape index (κ3) is 9.31. The first-order valence-corrected chi connectivity index (χ1v) is 11.2. The van der Waals surface area contributed by atoms with Crippen molar-refractivity contribution < 1.29 is 29.1 Å². The molecule has 8 N–H and O–H groups in total. The molecule has 1 aromatic rings. The molecule has 5 amide bonds. The lowest BCUT2D eigenvalue weighted by atomic mass is 10.1. The maximum absolute atomic E-state index is 12.5. The van der Waals surface area contributed by atoms with Gasteiger partial charge in [0.1, 0.15) is 18.6 Å². The predicted molar refractivity (Wildman–Crippen MR) is 126 cm³/mol. The van der Waals surface area contributed by atoms with Crippen LogP contribution in [0.1, 0.15) is 31.2 Å². The molecule has 0 radical (unpaired) electrons. The van der Waals surface area contributed by atoms with E-state index in [1.54, 1.807) is 0 Å². The van der Waals surface area contributed by atoms with Crippen LogP contribution < -0.4 is 27.4 Å². The number of carbonyl (C=O) groups is 5. The van der Waals surface area contributed by atoms with Gasteiger partial charge in [0.05, 0.1) is 6.42 Å². The summed E-state index contributed by atoms with van der Waals surface area (Å²) in [7, 11) is 0. The Morgan fingerprint density at radius 3 is 2.51 bits per heavy atom. The summed E-state index contributed by atoms with van der Waals surface area (Å²) in [6.45, 7) is -0.0828. The zero-order valence-electron chi connectivity index (χ0n) is 19.2. The number of hydrogen-bond acceptors (Lipinski definition) is 6. The van der Waals surface area contributed by atoms with E-state index in [9.17, 15) is 24.0 Å². The van der Waals surface area contributed by atoms with E-state index in [1.807, 2.05) is 30.3 Å². The molecule has 1 aliphatic heterocycles. The monoisotopic (exact) mass is 489 g/mol. The maximum atomic E-state index is 12.5. The topological polar surface area (TPSA) is 209 Å². The number of guanidine groups is 1. The maximum Gasteiger partial charge on any atom is 0.325 e. The van der Waals surface area contributed by atoms with Crippen LogP contribution in [-0.2, 0) is 25.6 Å². The lowest BCUT2D eigenvalue weighted by Crippen LogP contribution is -2.51. The summed E-state index contributed by atoms with van der Waals surface area (Å²) in [6.07, 6.45) is 1.39. The Labute approximate surface area is 202 Å². The molecule has 1 aliphatic rings. The second-order valence-electron chi connectivity index (χ2n) is 7.97. The third-order valence-electron chi connectivity index (χ3n) is 5.17. The zero-order valence-corrected chi connectivity index (χ0v) is 19.2. The Morgan fingerprint density at radius 1 is 1.14 bits per heavy atom. The number of aryl methyl sites for hydroxylation is 1. The molecule has 1 heterocycles. The fourth-order valence-electron chi connectivity index (χ4n) is 3.47. The van der Waals surface area contributed by atoms with Crippen molar-refractivity contribution in [3.8, 4) is 0 Å². The van der Waals surface area contributed by atoms with Crippen molar-refractivity contribution in [2.75, 3.05) is 19.6 Å². The van der Waals surface area contributed by atoms with Gasteiger partial charge in [0.2, 0.25) is 11.8 Å². The van der Waals surface area contributed by atoms with Crippen molar-refractivity contribution in [2.45, 2.75) is 44.2 Å². The number of nitrogens with one attached hydrogen (secondary N) is 3. The summed E-state index contributed by atoms with van der Waals surface area (Å²) in [5.74, 6) is -3.47. The van der Waals surface area contributed by atoms with E-state index in [0.717, 1.165) is 16.9 Å². The largest absolute Gasteiger partial charge is 0.481 e. The number of nitrogens with zero attached hydrogens (tertiary/aromatic N) is 2. The Kier molecular flexibility index (Phi) is 10.5. The van der Waals surface area contributed by atoms with Crippen molar-refractivity contribution >= 4 is 35.7 Å². The van der Waals surface area contributed by atoms with Crippen LogP contribution in [0.15, 0.2) is 35.3 Å². The lowest BCUT2D eigenvalue weighted by molar-refractivity contribution is -0.141. The number of hydrogen-bond donors (Lipinski definition) is 6. The van der Waals surface area contributed by atoms with Crippen molar-refractivity contribution in [3.63, 3.8) is 0 Å². The SMILES string of the molecule is NC(N)=NCCCC1NC(=O)N(CC(=O)NC(CC(=O)O)C(=O)NCCCc2ccccc2)C1=O. The molecule has 2 atom stereocenters. The molecule has 2 unspecified atom stereocenters. The second kappa shape index (κ2) is 13.5. The number of rotatable bonds is 14. The van der Waals surface area contributed by atoms with Crippen LogP contribution in [0, 0.1) is 0 Å². The standard InChI is InChI=1S/C22H31N7O6/c23-21(24)26-11-5-9-15-20(34)29(22(35)28-15)13-17(30)27-16(12-18(31)32)19(33)25-10-4-8-14-6-2-1-3-7-14/h1-3,6-7,15-16H,4-5,8-13H2,(H,25,33)(H,27,30)(H,28,35)(H,31,32)(H4,23,24,26). The normalized spacial score (nSPS) is 15.8. The summed E-state index contributed by atoms with van der Waals surface area (Å²) in [4.78, 5) is 65.2. The molecular formula is C22H31N7O6. The highest BCUT2D eigenvalue weighted by Gasteiger charge is 2.39. The number of aliphatic imine (C=N–C) groups is 1. The highest BCUT2D eigenvalue weighted by molar-refractivity contribution is 6.06. The fourth-order valence-corrected chi connectivity index (χ4v) is 3.47. The molecule has 0 aliphatic carbocycles. The minimum absolute atomic E-state index is 0.0822. The number of nitrogens with two attached hydrogens (primary N) is 2. The van der Waals surface area contributed by atoms with Crippen molar-refractivity contribution in [3.05, 3.63) is 35.9 Å². The van der Waals surface area contributed by atoms with Crippen molar-refractivity contribution in [1.29, 1.82) is 0 Å². The van der Waals surface area contributed by atoms with Gasteiger partial charge in [0.15, 0.2) is 5.96 Å². The Balaban J connectivity index is 1.84. The van der Waals surface area contributed by atoms with Gasteiger partial charge in [0.25, 0.3) is 5.91 Å². The Hall–Kier alpha value is -4.16. The second-order valence-corrected chi connectivity index (χ2v) is 7.97. The van der Waals surface area contributed by atoms with E-state index in [2.05, 4.69) is 20.9 Å². The third-order valence-corrected chi connectivity index (χ3v) is 5.17. The summed E-state index contributed by atoms with van der Waals surface area (Å²) in [5, 5.41) is 16.5. The molecule has 190 valence electrons. The molecule has 35 heavy (non-hydrogen) atoms. The van der Waals surface area contributed by atoms with Gasteiger partial charge < -0.3 is 32.5 Å². The van der Waals surface area contributed by atoms with Gasteiger partial charge in [-0.1, -0.05) is 30.3 Å². The van der Waals surface area contributed by atoms with Crippen LogP contribution in [0.25, 0.3) is 0 Å². The number of imide groups is 1. The number of aliphatic carboxylic acids is 1. The lowest BCUT2D eigenvalue weighted by Gasteiger charge is -2.19. The van der Waals surface area contributed by atoms with Gasteiger partial charge in [-0.25, -0.2) is 4.79 Å². The van der Waals surface area contributed by atoms with Crippen LogP contribution in [0.4, 0.5) is 4.79 Å². The number of benzene rings is 1. The van der Waals surface area contributed by atoms with Crippen LogP contribution in [-0.4, -0.2) is 77.4 Å². The molecule has 0 saturated carbocycles. The molecule has 13 heteroatoms. The van der Waals surface area contributed by atoms with E-state index in [1.165, 1.54) is 0 Å². The van der Waals surface area contributed by atoms with Crippen molar-refractivity contribution in [1.82, 2.24) is 20.9 Å². The summed E-state index contributed by atoms with van der Waals surface area (Å²) >= 11 is 0. The minimum Gasteiger partial charge on any atom is -0.481 e. The van der Waals surface area contributed by atoms with Crippen LogP contribution in [0.5, 0.6) is 0 Å². The van der Waals surface area contributed by atoms with Gasteiger partial charge >= 0.3 is 12.0 Å². The number of carboxylic acids is 1. The van der Waals surface area contributed by atoms with E-state index in [0.29, 0.717) is 12.8 Å². The van der Waals surface area contributed by atoms with E-state index < -0.39 is 54.8 Å². The molecule has 13 nitrogen and oxygen atoms in total. The summed E-state index contributed by atoms with van der Waals surface area (Å²) in [5.41, 5.74) is 11.6. The molecule has 0 bridgehead atoms. The molecular weight excluding hydrogens is 458 g/mol. The first-order valence-electron chi connectivity index (χ1n) is 11.2. The van der Waals surface area contributed by atoms with E-state index >= 15 is 0 Å². The number of carboxylic acid groups (broad SMARTS) is 1. The zero-order chi connectivity index (χ0) is 25.8. The van der Waals surface area contributed by atoms with Gasteiger partial charge in [-0.2, -0.15) is 0 Å². The van der Waals surface area contributed by atoms with E-state index in [4.69, 9.17) is 16.6 Å². The molecule has 1 fully saturated rings. The van der Waals surface area contributed by atoms with Crippen LogP contribution in [0.2, 0.25) is 0 Å². The van der Waals surface area contributed by atoms with Gasteiger partial charge in [0, 0.05) is 13.1 Å². The Morgan fingerprint density at radius 2 is 1.86 bits per heavy atom. The van der Waals surface area contributed by atoms with Crippen LogP contribution in [0.3, 0.4) is 0 Å². The minimum atomic E-state index is -1.35. The van der Waals surface area contributed by atoms with Crippen LogP contribution >= 0.6 is 0 Å². The van der Waals surface area contributed by atoms with E-state index in [-0.39, 0.29) is 25.5 Å². The first-order chi connectivity index (χ1) is 16.7. The smallest absolute Gasteiger partial charge is 0.325 e. The highest BCUT2D eigenvalue weighted by atomic mass is 16.4. The number of carbonyl (C=O) groups excluding carboxylic acids is 4. The molecule has 1 saturated heterocycles. The molecule has 1 aromatic carbocycles. The highest BCUT2D eigenvalue weighted by Crippen LogP contribution is 2.11. The molecule has 2 rings (SSSR count). The number of urea groups is 1. The average molecular weight is 490 g/mol. The van der Waals surface area contributed by atoms with Gasteiger partial charge in [-0.15, -0.1) is 0 Å². The predicted octanol–water partition coefficient (Wildman–Crippen LogP) is -1.33. The molecule has 0 spiro atoms. The van der Waals surface area contributed by atoms with Gasteiger partial charge in [-0.3, -0.25) is 29.1 Å².